The molecule has 5 fully saturated rings. The molecular formula is C48H70N2O4+2. The SMILES string of the molecule is C=C(C)C1CC[C@]2(COC(=O)C(CC)[n+]3ccccc3)CC[C@]3(C)C(CCC4[C@@]5(C)CC[C@H](OC(=O)C(CC)[n+]6ccccc6)C(C)(C)C5CC[C@]43C)C12. The van der Waals surface area contributed by atoms with E-state index in [4.69, 9.17) is 9.47 Å². The Kier molecular flexibility index (Phi) is 10.5. The van der Waals surface area contributed by atoms with Crippen LogP contribution in [-0.4, -0.2) is 24.6 Å². The minimum absolute atomic E-state index is 0.0196. The van der Waals surface area contributed by atoms with Crippen LogP contribution in [0.15, 0.2) is 73.3 Å². The number of aromatic nitrogens is 2. The number of hydrogen-bond acceptors (Lipinski definition) is 4. The molecule has 0 saturated heterocycles. The first-order valence-corrected chi connectivity index (χ1v) is 21.6. The number of esters is 2. The van der Waals surface area contributed by atoms with Gasteiger partial charge in [-0.15, -0.1) is 0 Å². The second kappa shape index (κ2) is 14.5. The second-order valence-electron chi connectivity index (χ2n) is 19.9. The lowest BCUT2D eigenvalue weighted by molar-refractivity contribution is -0.711. The molecule has 0 aliphatic heterocycles. The number of carbonyl (C=O) groups is 2. The van der Waals surface area contributed by atoms with Crippen LogP contribution in [0.25, 0.3) is 0 Å². The van der Waals surface area contributed by atoms with Crippen LogP contribution in [0.1, 0.15) is 145 Å². The van der Waals surface area contributed by atoms with E-state index in [9.17, 15) is 9.59 Å². The molecule has 5 aliphatic rings. The Morgan fingerprint density at radius 1 is 0.704 bits per heavy atom. The largest absolute Gasteiger partial charge is 0.460 e. The number of rotatable bonds is 10. The van der Waals surface area contributed by atoms with Gasteiger partial charge >= 0.3 is 11.9 Å². The van der Waals surface area contributed by atoms with E-state index in [-0.39, 0.29) is 57.2 Å². The van der Waals surface area contributed by atoms with Gasteiger partial charge in [0.15, 0.2) is 24.8 Å². The molecular weight excluding hydrogens is 669 g/mol. The highest BCUT2D eigenvalue weighted by molar-refractivity contribution is 5.73. The van der Waals surface area contributed by atoms with Crippen LogP contribution >= 0.6 is 0 Å². The van der Waals surface area contributed by atoms with Crippen LogP contribution < -0.4 is 9.13 Å². The van der Waals surface area contributed by atoms with Crippen molar-refractivity contribution in [2.24, 2.45) is 56.7 Å². The van der Waals surface area contributed by atoms with Crippen LogP contribution in [0.5, 0.6) is 0 Å². The van der Waals surface area contributed by atoms with Crippen LogP contribution in [0.2, 0.25) is 0 Å². The number of nitrogens with zero attached hydrogens (tertiary/aromatic N) is 2. The van der Waals surface area contributed by atoms with Crippen molar-refractivity contribution in [2.45, 2.75) is 151 Å². The normalized spacial score (nSPS) is 39.1. The molecule has 7 rings (SSSR count). The highest BCUT2D eigenvalue weighted by Crippen LogP contribution is 2.77. The molecule has 6 heteroatoms. The summed E-state index contributed by atoms with van der Waals surface area (Å²) in [6, 6.07) is 11.3. The predicted molar refractivity (Wildman–Crippen MR) is 212 cm³/mol. The summed E-state index contributed by atoms with van der Waals surface area (Å²) in [4.78, 5) is 27.5. The van der Waals surface area contributed by atoms with Gasteiger partial charge in [0.25, 0.3) is 12.1 Å². The maximum atomic E-state index is 13.8. The Bertz CT molecular complexity index is 1690. The smallest absolute Gasteiger partial charge is 0.376 e. The number of hydrogen-bond donors (Lipinski definition) is 0. The Hall–Kier alpha value is -3.02. The predicted octanol–water partition coefficient (Wildman–Crippen LogP) is 9.98. The fourth-order valence-electron chi connectivity index (χ4n) is 14.5. The second-order valence-corrected chi connectivity index (χ2v) is 19.9. The molecule has 0 N–H and O–H groups in total. The third kappa shape index (κ3) is 6.10. The minimum atomic E-state index is -0.295. The number of carbonyl (C=O) groups excluding carboxylic acids is 2. The number of fused-ring (bicyclic) bond motifs is 7. The van der Waals surface area contributed by atoms with Crippen molar-refractivity contribution in [1.29, 1.82) is 0 Å². The Labute approximate surface area is 326 Å². The molecule has 0 aromatic carbocycles. The molecule has 0 radical (unpaired) electrons. The van der Waals surface area contributed by atoms with Gasteiger partial charge in [0, 0.05) is 47.9 Å². The van der Waals surface area contributed by atoms with E-state index >= 15 is 0 Å². The van der Waals surface area contributed by atoms with E-state index in [0.717, 1.165) is 32.1 Å². The molecule has 2 heterocycles. The minimum Gasteiger partial charge on any atom is -0.460 e. The van der Waals surface area contributed by atoms with Crippen LogP contribution in [0.4, 0.5) is 0 Å². The lowest BCUT2D eigenvalue weighted by Crippen LogP contribution is -2.67. The lowest BCUT2D eigenvalue weighted by atomic mass is 9.32. The third-order valence-corrected chi connectivity index (χ3v) is 17.5. The highest BCUT2D eigenvalue weighted by atomic mass is 16.5. The fourth-order valence-corrected chi connectivity index (χ4v) is 14.5. The van der Waals surface area contributed by atoms with Crippen molar-refractivity contribution in [3.8, 4) is 0 Å². The first-order chi connectivity index (χ1) is 25.7. The van der Waals surface area contributed by atoms with Gasteiger partial charge in [-0.25, -0.2) is 9.59 Å². The molecule has 54 heavy (non-hydrogen) atoms. The Morgan fingerprint density at radius 2 is 1.31 bits per heavy atom. The third-order valence-electron chi connectivity index (χ3n) is 17.5. The van der Waals surface area contributed by atoms with Crippen molar-refractivity contribution in [1.82, 2.24) is 0 Å². The van der Waals surface area contributed by atoms with E-state index < -0.39 is 0 Å². The zero-order chi connectivity index (χ0) is 38.7. The Morgan fingerprint density at radius 3 is 1.91 bits per heavy atom. The molecule has 0 amide bonds. The number of ether oxygens (including phenoxy) is 2. The van der Waals surface area contributed by atoms with Gasteiger partial charge in [0.05, 0.1) is 6.61 Å². The van der Waals surface area contributed by atoms with Crippen molar-refractivity contribution in [3.05, 3.63) is 73.3 Å². The summed E-state index contributed by atoms with van der Waals surface area (Å²) in [6.07, 6.45) is 20.9. The van der Waals surface area contributed by atoms with Gasteiger partial charge < -0.3 is 9.47 Å². The van der Waals surface area contributed by atoms with Crippen molar-refractivity contribution in [3.63, 3.8) is 0 Å². The molecule has 6 nitrogen and oxygen atoms in total. The van der Waals surface area contributed by atoms with Crippen LogP contribution in [0, 0.1) is 56.7 Å². The zero-order valence-corrected chi connectivity index (χ0v) is 34.8. The molecule has 5 saturated carbocycles. The van der Waals surface area contributed by atoms with E-state index in [0.29, 0.717) is 49.0 Å². The monoisotopic (exact) mass is 739 g/mol. The maximum Gasteiger partial charge on any atom is 0.376 e. The van der Waals surface area contributed by atoms with Crippen molar-refractivity contribution < 1.29 is 28.2 Å². The van der Waals surface area contributed by atoms with E-state index in [2.05, 4.69) is 62.0 Å². The summed E-state index contributed by atoms with van der Waals surface area (Å²) in [5, 5.41) is 0. The van der Waals surface area contributed by atoms with Crippen LogP contribution in [0.3, 0.4) is 0 Å². The molecule has 12 atom stereocenters. The topological polar surface area (TPSA) is 60.4 Å². The first-order valence-electron chi connectivity index (χ1n) is 21.6. The average molecular weight is 739 g/mol. The van der Waals surface area contributed by atoms with E-state index in [1.807, 2.05) is 70.3 Å². The molecule has 0 bridgehead atoms. The van der Waals surface area contributed by atoms with Gasteiger partial charge in [0.2, 0.25) is 0 Å². The maximum absolute atomic E-state index is 13.8. The van der Waals surface area contributed by atoms with Gasteiger partial charge in [-0.1, -0.05) is 72.8 Å². The summed E-state index contributed by atoms with van der Waals surface area (Å²) >= 11 is 0. The quantitative estimate of drug-likeness (QED) is 0.138. The zero-order valence-electron chi connectivity index (χ0n) is 34.8. The summed E-state index contributed by atoms with van der Waals surface area (Å²) < 4.78 is 17.0. The van der Waals surface area contributed by atoms with E-state index in [1.54, 1.807) is 0 Å². The molecule has 0 spiro atoms. The molecule has 2 aromatic rings. The Balaban J connectivity index is 1.12. The lowest BCUT2D eigenvalue weighted by Gasteiger charge is -2.73. The number of pyridine rings is 2. The summed E-state index contributed by atoms with van der Waals surface area (Å²) in [5.74, 6) is 2.52. The van der Waals surface area contributed by atoms with Crippen LogP contribution in [-0.2, 0) is 19.1 Å². The van der Waals surface area contributed by atoms with E-state index in [1.165, 1.54) is 37.7 Å². The standard InChI is InChI=1S/C48H70N2O4/c1-10-36(49-28-14-12-15-29-49)42(51)53-32-48-25-20-34(33(3)4)41(48)35-18-19-39-45(7)23-22-40(54-43(52)37(11-2)50-30-16-13-17-31-50)44(5,6)38(45)21-24-47(39,9)46(35,8)26-27-48/h12-17,28-31,34-41H,3,10-11,18-27,32H2,1-2,4-9H3/q+2/t34?,35?,36?,37?,38?,39?,40-,41?,45-,46+,47+,48+/m0/s1. The van der Waals surface area contributed by atoms with Crippen molar-refractivity contribution in [2.75, 3.05) is 6.61 Å². The first kappa shape index (κ1) is 39.2. The molecule has 294 valence electrons. The number of allylic oxidation sites excluding steroid dienone is 1. The molecule has 5 aliphatic carbocycles. The van der Waals surface area contributed by atoms with Gasteiger partial charge in [-0.2, -0.15) is 9.13 Å². The molecule has 7 unspecified atom stereocenters. The molecule has 2 aromatic heterocycles. The van der Waals surface area contributed by atoms with Gasteiger partial charge in [0.1, 0.15) is 6.10 Å². The average Bonchev–Trinajstić information content (AvgIpc) is 3.54. The fraction of sp³-hybridized carbons (Fsp3) is 0.708. The van der Waals surface area contributed by atoms with Gasteiger partial charge in [-0.3, -0.25) is 0 Å². The van der Waals surface area contributed by atoms with Crippen molar-refractivity contribution >= 4 is 11.9 Å². The summed E-state index contributed by atoms with van der Waals surface area (Å²) in [6.45, 7) is 24.3. The highest BCUT2D eigenvalue weighted by Gasteiger charge is 2.71. The van der Waals surface area contributed by atoms with Gasteiger partial charge in [-0.05, 0) is 117 Å². The summed E-state index contributed by atoms with van der Waals surface area (Å²) in [5.41, 5.74) is 1.87. The summed E-state index contributed by atoms with van der Waals surface area (Å²) in [7, 11) is 0.